The number of rotatable bonds is 7. The normalized spacial score (nSPS) is 16.8. The zero-order valence-electron chi connectivity index (χ0n) is 19.6. The number of piperazine rings is 1. The third-order valence-corrected chi connectivity index (χ3v) is 6.80. The van der Waals surface area contributed by atoms with Gasteiger partial charge in [-0.3, -0.25) is 4.90 Å². The van der Waals surface area contributed by atoms with Gasteiger partial charge in [0.05, 0.1) is 46.6 Å². The largest absolute Gasteiger partial charge is 0.491 e. The second-order valence-corrected chi connectivity index (χ2v) is 8.94. The fourth-order valence-electron chi connectivity index (χ4n) is 4.53. The van der Waals surface area contributed by atoms with Gasteiger partial charge in [-0.2, -0.15) is 10.5 Å². The third-order valence-electron chi connectivity index (χ3n) is 6.49. The van der Waals surface area contributed by atoms with Crippen LogP contribution in [0.4, 0.5) is 5.69 Å². The van der Waals surface area contributed by atoms with Gasteiger partial charge >= 0.3 is 0 Å². The van der Waals surface area contributed by atoms with Crippen LogP contribution in [-0.2, 0) is 0 Å². The summed E-state index contributed by atoms with van der Waals surface area (Å²) in [6.45, 7) is 4.73. The zero-order chi connectivity index (χ0) is 24.8. The van der Waals surface area contributed by atoms with Crippen molar-refractivity contribution in [2.45, 2.75) is 19.0 Å². The Balaban J connectivity index is 1.63. The Hall–Kier alpha value is -3.55. The van der Waals surface area contributed by atoms with Gasteiger partial charge in [0, 0.05) is 31.7 Å². The number of aliphatic hydroxyl groups excluding tert-OH is 1. The number of aliphatic hydroxyl groups is 1. The van der Waals surface area contributed by atoms with E-state index in [0.717, 1.165) is 30.9 Å². The lowest BCUT2D eigenvalue weighted by atomic mass is 9.97. The Morgan fingerprint density at radius 2 is 1.66 bits per heavy atom. The zero-order valence-corrected chi connectivity index (χ0v) is 20.3. The van der Waals surface area contributed by atoms with Crippen LogP contribution in [0, 0.1) is 22.7 Å². The first-order chi connectivity index (χ1) is 17.0. The molecule has 4 rings (SSSR count). The molecule has 0 bridgehead atoms. The van der Waals surface area contributed by atoms with Crippen molar-refractivity contribution in [1.29, 1.82) is 10.5 Å². The number of halogens is 1. The molecule has 3 aromatic rings. The lowest BCUT2D eigenvalue weighted by Gasteiger charge is -2.45. The summed E-state index contributed by atoms with van der Waals surface area (Å²) >= 11 is 6.70. The predicted molar refractivity (Wildman–Crippen MR) is 136 cm³/mol. The highest BCUT2D eigenvalue weighted by molar-refractivity contribution is 6.33. The molecule has 178 valence electrons. The molecule has 2 atom stereocenters. The fraction of sp³-hybridized carbons (Fsp3) is 0.286. The number of hydrogen-bond acceptors (Lipinski definition) is 6. The molecule has 3 aromatic carbocycles. The molecule has 6 nitrogen and oxygen atoms in total. The lowest BCUT2D eigenvalue weighted by Crippen LogP contribution is -2.49. The molecule has 0 spiro atoms. The molecule has 1 N–H and O–H groups in total. The summed E-state index contributed by atoms with van der Waals surface area (Å²) < 4.78 is 5.52. The highest BCUT2D eigenvalue weighted by Gasteiger charge is 2.32. The highest BCUT2D eigenvalue weighted by Crippen LogP contribution is 2.38. The van der Waals surface area contributed by atoms with Gasteiger partial charge in [-0.25, -0.2) is 0 Å². The van der Waals surface area contributed by atoms with Crippen molar-refractivity contribution >= 4 is 17.3 Å². The lowest BCUT2D eigenvalue weighted by molar-refractivity contribution is 0.171. The molecule has 1 aliphatic rings. The van der Waals surface area contributed by atoms with Gasteiger partial charge < -0.3 is 14.7 Å². The Bertz CT molecular complexity index is 1230. The molecule has 35 heavy (non-hydrogen) atoms. The van der Waals surface area contributed by atoms with E-state index in [1.807, 2.05) is 60.7 Å². The fourth-order valence-corrected chi connectivity index (χ4v) is 4.81. The van der Waals surface area contributed by atoms with E-state index in [1.54, 1.807) is 6.07 Å². The summed E-state index contributed by atoms with van der Waals surface area (Å²) in [4.78, 5) is 4.74. The number of ether oxygens (including phenoxy) is 1. The highest BCUT2D eigenvalue weighted by atomic mass is 35.5. The molecule has 0 amide bonds. The maximum Gasteiger partial charge on any atom is 0.121 e. The van der Waals surface area contributed by atoms with Gasteiger partial charge in [-0.15, -0.1) is 0 Å². The van der Waals surface area contributed by atoms with E-state index in [2.05, 4.69) is 28.9 Å². The minimum absolute atomic E-state index is 0.0269. The predicted octanol–water partition coefficient (Wildman–Crippen LogP) is 5.08. The standard InChI is InChI=1S/C28H27ClN4O2/c1-20(23-6-2-21(17-30)3-7-23)32-12-13-33(27-11-10-25(16-26(27)29)35-15-14-34)28(19-32)24-8-4-22(18-31)5-9-24/h2-11,16,20,28,34H,12-15,19H2,1H3/t20-,28+/m1/s1. The van der Waals surface area contributed by atoms with Crippen LogP contribution in [0.2, 0.25) is 5.02 Å². The quantitative estimate of drug-likeness (QED) is 0.501. The van der Waals surface area contributed by atoms with Gasteiger partial charge in [0.25, 0.3) is 0 Å². The minimum atomic E-state index is -0.0560. The second-order valence-electron chi connectivity index (χ2n) is 8.53. The Kier molecular flexibility index (Phi) is 7.90. The van der Waals surface area contributed by atoms with Crippen molar-refractivity contribution in [2.24, 2.45) is 0 Å². The number of hydrogen-bond donors (Lipinski definition) is 1. The Labute approximate surface area is 211 Å². The topological polar surface area (TPSA) is 83.5 Å². The van der Waals surface area contributed by atoms with Gasteiger partial charge in [-0.1, -0.05) is 35.9 Å². The van der Waals surface area contributed by atoms with E-state index >= 15 is 0 Å². The van der Waals surface area contributed by atoms with Crippen LogP contribution in [0.3, 0.4) is 0 Å². The molecule has 1 heterocycles. The molecule has 0 radical (unpaired) electrons. The first kappa shape index (κ1) is 24.6. The molecule has 1 fully saturated rings. The third kappa shape index (κ3) is 5.58. The average molecular weight is 487 g/mol. The molecule has 0 saturated carbocycles. The summed E-state index contributed by atoms with van der Waals surface area (Å²) in [5.74, 6) is 0.621. The number of nitrogens with zero attached hydrogens (tertiary/aromatic N) is 4. The van der Waals surface area contributed by atoms with Crippen LogP contribution in [-0.4, -0.2) is 42.9 Å². The number of nitriles is 2. The van der Waals surface area contributed by atoms with Crippen LogP contribution < -0.4 is 9.64 Å². The Morgan fingerprint density at radius 3 is 2.26 bits per heavy atom. The number of anilines is 1. The number of benzene rings is 3. The Morgan fingerprint density at radius 1 is 1.00 bits per heavy atom. The first-order valence-corrected chi connectivity index (χ1v) is 12.0. The van der Waals surface area contributed by atoms with Crippen molar-refractivity contribution < 1.29 is 9.84 Å². The molecule has 7 heteroatoms. The minimum Gasteiger partial charge on any atom is -0.491 e. The molecule has 0 aliphatic carbocycles. The molecule has 1 aliphatic heterocycles. The maximum absolute atomic E-state index is 9.24. The molecule has 0 aromatic heterocycles. The van der Waals surface area contributed by atoms with Crippen LogP contribution >= 0.6 is 11.6 Å². The van der Waals surface area contributed by atoms with Gasteiger partial charge in [0.15, 0.2) is 0 Å². The van der Waals surface area contributed by atoms with Gasteiger partial charge in [0.1, 0.15) is 12.4 Å². The van der Waals surface area contributed by atoms with E-state index in [-0.39, 0.29) is 25.3 Å². The SMILES string of the molecule is C[C@H](c1ccc(C#N)cc1)N1CCN(c2ccc(OCCO)cc2Cl)[C@H](c2ccc(C#N)cc2)C1. The average Bonchev–Trinajstić information content (AvgIpc) is 2.91. The molecule has 1 saturated heterocycles. The summed E-state index contributed by atoms with van der Waals surface area (Å²) in [7, 11) is 0. The smallest absolute Gasteiger partial charge is 0.121 e. The van der Waals surface area contributed by atoms with Crippen LogP contribution in [0.5, 0.6) is 5.75 Å². The van der Waals surface area contributed by atoms with E-state index in [9.17, 15) is 5.26 Å². The van der Waals surface area contributed by atoms with Crippen molar-refractivity contribution in [2.75, 3.05) is 37.7 Å². The molecular weight excluding hydrogens is 460 g/mol. The van der Waals surface area contributed by atoms with E-state index in [1.165, 1.54) is 5.56 Å². The van der Waals surface area contributed by atoms with Gasteiger partial charge in [-0.05, 0) is 54.4 Å². The monoisotopic (exact) mass is 486 g/mol. The summed E-state index contributed by atoms with van der Waals surface area (Å²) in [6.07, 6.45) is 0. The van der Waals surface area contributed by atoms with Crippen molar-refractivity contribution in [3.63, 3.8) is 0 Å². The van der Waals surface area contributed by atoms with Crippen LogP contribution in [0.1, 0.15) is 41.3 Å². The van der Waals surface area contributed by atoms with Gasteiger partial charge in [0.2, 0.25) is 0 Å². The van der Waals surface area contributed by atoms with E-state index in [4.69, 9.17) is 26.7 Å². The van der Waals surface area contributed by atoms with Crippen molar-refractivity contribution in [3.8, 4) is 17.9 Å². The van der Waals surface area contributed by atoms with Crippen LogP contribution in [0.25, 0.3) is 0 Å². The van der Waals surface area contributed by atoms with E-state index < -0.39 is 0 Å². The molecule has 0 unspecified atom stereocenters. The maximum atomic E-state index is 9.24. The summed E-state index contributed by atoms with van der Waals surface area (Å²) in [5.41, 5.74) is 4.48. The van der Waals surface area contributed by atoms with Crippen molar-refractivity contribution in [1.82, 2.24) is 4.90 Å². The summed E-state index contributed by atoms with van der Waals surface area (Å²) in [6, 6.07) is 25.7. The van der Waals surface area contributed by atoms with Crippen LogP contribution in [0.15, 0.2) is 66.7 Å². The van der Waals surface area contributed by atoms with Crippen molar-refractivity contribution in [3.05, 3.63) is 94.0 Å². The van der Waals surface area contributed by atoms with E-state index in [0.29, 0.717) is 21.9 Å². The summed E-state index contributed by atoms with van der Waals surface area (Å²) in [5, 5.41) is 28.0. The molecular formula is C28H27ClN4O2. The second kappa shape index (κ2) is 11.3. The first-order valence-electron chi connectivity index (χ1n) is 11.6.